The number of rotatable bonds is 2. The summed E-state index contributed by atoms with van der Waals surface area (Å²) in [5.74, 6) is 0.807. The summed E-state index contributed by atoms with van der Waals surface area (Å²) in [4.78, 5) is 9.56. The van der Waals surface area contributed by atoms with E-state index in [1.807, 2.05) is 54.6 Å². The number of para-hydroxylation sites is 2. The summed E-state index contributed by atoms with van der Waals surface area (Å²) in [6.07, 6.45) is 19.3. The van der Waals surface area contributed by atoms with Crippen LogP contribution in [-0.4, -0.2) is 22.6 Å². The zero-order valence-electron chi connectivity index (χ0n) is 27.7. The smallest absolute Gasteiger partial charge is 0.132 e. The third kappa shape index (κ3) is 8.75. The van der Waals surface area contributed by atoms with Crippen LogP contribution in [0, 0.1) is 0 Å². The van der Waals surface area contributed by atoms with Crippen LogP contribution in [0.15, 0.2) is 88.8 Å². The number of phenols is 2. The molecule has 4 aromatic carbocycles. The molecule has 0 saturated carbocycles. The van der Waals surface area contributed by atoms with E-state index in [1.165, 1.54) is 68.9 Å². The number of aromatic hydroxyl groups is 2. The third-order valence-corrected chi connectivity index (χ3v) is 9.23. The molecule has 3 aliphatic heterocycles. The molecule has 4 aromatic rings. The quantitative estimate of drug-likeness (QED) is 0.236. The Kier molecular flexibility index (Phi) is 12.2. The number of aryl methyl sites for hydroxylation is 2. The van der Waals surface area contributed by atoms with Crippen LogP contribution in [-0.2, 0) is 12.8 Å². The van der Waals surface area contributed by atoms with Gasteiger partial charge in [-0.2, -0.15) is 0 Å². The van der Waals surface area contributed by atoms with Gasteiger partial charge in [-0.05, 0) is 72.6 Å². The Bertz CT molecular complexity index is 1620. The largest absolute Gasteiger partial charge is 0.507 e. The molecule has 7 rings (SSSR count). The van der Waals surface area contributed by atoms with Gasteiger partial charge in [-0.1, -0.05) is 126 Å². The van der Waals surface area contributed by atoms with Crippen LogP contribution in [0.3, 0.4) is 0 Å². The lowest BCUT2D eigenvalue weighted by atomic mass is 9.90. The maximum absolute atomic E-state index is 11.6. The molecule has 0 amide bonds. The van der Waals surface area contributed by atoms with Crippen LogP contribution in [0.2, 0.25) is 0 Å². The number of fused-ring (bicyclic) bond motifs is 2. The van der Waals surface area contributed by atoms with Crippen LogP contribution < -0.4 is 0 Å². The summed E-state index contributed by atoms with van der Waals surface area (Å²) in [6.45, 7) is 4.30. The minimum Gasteiger partial charge on any atom is -0.507 e. The predicted molar refractivity (Wildman–Crippen MR) is 195 cm³/mol. The Morgan fingerprint density at radius 3 is 1.50 bits per heavy atom. The average Bonchev–Trinajstić information content (AvgIpc) is 3.06. The molecule has 0 atom stereocenters. The molecule has 0 unspecified atom stereocenters. The molecular formula is C42H50N2O2. The maximum Gasteiger partial charge on any atom is 0.132 e. The summed E-state index contributed by atoms with van der Waals surface area (Å²) in [7, 11) is 0. The minimum atomic E-state index is 0.219. The van der Waals surface area contributed by atoms with Crippen LogP contribution in [0.5, 0.6) is 11.5 Å². The summed E-state index contributed by atoms with van der Waals surface area (Å²) >= 11 is 0. The van der Waals surface area contributed by atoms with Gasteiger partial charge in [0.05, 0.1) is 11.4 Å². The van der Waals surface area contributed by atoms with E-state index in [-0.39, 0.29) is 11.7 Å². The zero-order chi connectivity index (χ0) is 32.1. The number of hydrogen-bond donors (Lipinski definition) is 2. The van der Waals surface area contributed by atoms with Gasteiger partial charge in [0.2, 0.25) is 0 Å². The van der Waals surface area contributed by atoms with Crippen molar-refractivity contribution < 1.29 is 10.2 Å². The molecule has 0 fully saturated rings. The standard InChI is InChI=1S/C42H50N2O2/c1-31(2)39-33-21-13-10-8-6-4-3-5-7-9-11-14-22-34-26-28-36(42(46)40(34)32-19-15-12-16-20-32)30-44-38-24-18-17-23-37(38)43-29-35(27-25-33)41(39)45/h12,15-20,23-31,45-46H,3-11,13-14,21-22H2,1-2H3. The summed E-state index contributed by atoms with van der Waals surface area (Å²) in [6, 6.07) is 26.2. The molecule has 0 aliphatic carbocycles. The molecule has 240 valence electrons. The lowest BCUT2D eigenvalue weighted by Crippen LogP contribution is -2.00. The molecule has 0 aromatic heterocycles. The number of aliphatic imine (C=N–C) groups is 2. The molecule has 2 N–H and O–H groups in total. The maximum atomic E-state index is 11.6. The first kappa shape index (κ1) is 33.2. The Balaban J connectivity index is 1.48. The van der Waals surface area contributed by atoms with Gasteiger partial charge in [0.1, 0.15) is 11.5 Å². The van der Waals surface area contributed by atoms with E-state index < -0.39 is 0 Å². The lowest BCUT2D eigenvalue weighted by molar-refractivity contribution is 0.462. The van der Waals surface area contributed by atoms with Crippen molar-refractivity contribution in [2.45, 2.75) is 103 Å². The van der Waals surface area contributed by atoms with Crippen LogP contribution >= 0.6 is 0 Å². The molecule has 0 radical (unpaired) electrons. The van der Waals surface area contributed by atoms with Gasteiger partial charge in [-0.3, -0.25) is 9.98 Å². The molecule has 4 bridgehead atoms. The van der Waals surface area contributed by atoms with Crippen molar-refractivity contribution in [3.8, 4) is 22.6 Å². The Morgan fingerprint density at radius 1 is 0.500 bits per heavy atom. The van der Waals surface area contributed by atoms with E-state index >= 15 is 0 Å². The van der Waals surface area contributed by atoms with E-state index in [1.54, 1.807) is 12.4 Å². The Hall–Kier alpha value is -4.18. The highest BCUT2D eigenvalue weighted by atomic mass is 16.3. The Labute approximate surface area is 276 Å². The number of phenolic OH excluding ortho intramolecular Hbond substituents is 2. The first-order valence-electron chi connectivity index (χ1n) is 17.4. The zero-order valence-corrected chi connectivity index (χ0v) is 27.7. The van der Waals surface area contributed by atoms with Crippen LogP contribution in [0.25, 0.3) is 11.1 Å². The van der Waals surface area contributed by atoms with Gasteiger partial charge in [0.25, 0.3) is 0 Å². The predicted octanol–water partition coefficient (Wildman–Crippen LogP) is 11.8. The first-order chi connectivity index (χ1) is 22.5. The fraction of sp³-hybridized carbons (Fsp3) is 0.381. The molecule has 46 heavy (non-hydrogen) atoms. The second kappa shape index (κ2) is 16.9. The second-order valence-electron chi connectivity index (χ2n) is 13.0. The van der Waals surface area contributed by atoms with Gasteiger partial charge in [0.15, 0.2) is 0 Å². The van der Waals surface area contributed by atoms with E-state index in [9.17, 15) is 10.2 Å². The van der Waals surface area contributed by atoms with Crippen molar-refractivity contribution in [2.24, 2.45) is 9.98 Å². The minimum absolute atomic E-state index is 0.219. The van der Waals surface area contributed by atoms with Crippen molar-refractivity contribution in [3.05, 3.63) is 107 Å². The Morgan fingerprint density at radius 2 is 0.957 bits per heavy atom. The number of nitrogens with zero attached hydrogens (tertiary/aromatic N) is 2. The highest BCUT2D eigenvalue weighted by Gasteiger charge is 2.16. The van der Waals surface area contributed by atoms with E-state index in [0.717, 1.165) is 42.4 Å². The fourth-order valence-corrected chi connectivity index (χ4v) is 6.70. The van der Waals surface area contributed by atoms with Crippen LogP contribution in [0.1, 0.15) is 118 Å². The first-order valence-corrected chi connectivity index (χ1v) is 17.4. The molecule has 0 spiro atoms. The SMILES string of the molecule is CC(C)c1c2ccc(c1O)C=Nc1ccccc1N=Cc1ccc(c(-c3ccccc3)c1O)CCCCCCCCCCCCC2. The van der Waals surface area contributed by atoms with Crippen molar-refractivity contribution in [3.63, 3.8) is 0 Å². The highest BCUT2D eigenvalue weighted by Crippen LogP contribution is 2.37. The van der Waals surface area contributed by atoms with Gasteiger partial charge < -0.3 is 10.2 Å². The van der Waals surface area contributed by atoms with Gasteiger partial charge in [-0.25, -0.2) is 0 Å². The van der Waals surface area contributed by atoms with Gasteiger partial charge in [-0.15, -0.1) is 0 Å². The third-order valence-electron chi connectivity index (χ3n) is 9.23. The number of hydrogen-bond acceptors (Lipinski definition) is 4. The van der Waals surface area contributed by atoms with Crippen molar-refractivity contribution in [1.82, 2.24) is 0 Å². The van der Waals surface area contributed by atoms with E-state index in [0.29, 0.717) is 28.3 Å². The molecule has 4 heteroatoms. The normalized spacial score (nSPS) is 15.5. The van der Waals surface area contributed by atoms with E-state index in [4.69, 9.17) is 9.98 Å². The monoisotopic (exact) mass is 614 g/mol. The van der Waals surface area contributed by atoms with E-state index in [2.05, 4.69) is 38.1 Å². The highest BCUT2D eigenvalue weighted by molar-refractivity contribution is 5.92. The summed E-state index contributed by atoms with van der Waals surface area (Å²) in [5, 5.41) is 22.9. The van der Waals surface area contributed by atoms with Crippen molar-refractivity contribution in [1.29, 1.82) is 0 Å². The topological polar surface area (TPSA) is 65.2 Å². The number of benzene rings is 4. The fourth-order valence-electron chi connectivity index (χ4n) is 6.70. The molecule has 3 aliphatic rings. The van der Waals surface area contributed by atoms with Crippen molar-refractivity contribution >= 4 is 23.8 Å². The van der Waals surface area contributed by atoms with Crippen LogP contribution in [0.4, 0.5) is 11.4 Å². The molecule has 4 nitrogen and oxygen atoms in total. The van der Waals surface area contributed by atoms with Gasteiger partial charge >= 0.3 is 0 Å². The molecular weight excluding hydrogens is 564 g/mol. The molecule has 3 heterocycles. The van der Waals surface area contributed by atoms with Crippen molar-refractivity contribution in [2.75, 3.05) is 0 Å². The summed E-state index contributed by atoms with van der Waals surface area (Å²) < 4.78 is 0. The molecule has 0 saturated heterocycles. The average molecular weight is 615 g/mol. The summed E-state index contributed by atoms with van der Waals surface area (Å²) in [5.41, 5.74) is 8.14. The second-order valence-corrected chi connectivity index (χ2v) is 13.0. The van der Waals surface area contributed by atoms with Gasteiger partial charge in [0, 0.05) is 34.7 Å². The lowest BCUT2D eigenvalue weighted by Gasteiger charge is -2.16.